The van der Waals surface area contributed by atoms with E-state index in [1.807, 2.05) is 23.1 Å². The zero-order chi connectivity index (χ0) is 13.8. The number of nitrogens with one attached hydrogen (secondary N) is 1. The molecule has 5 heteroatoms. The lowest BCUT2D eigenvalue weighted by Crippen LogP contribution is -2.36. The number of benzene rings is 1. The summed E-state index contributed by atoms with van der Waals surface area (Å²) in [5.41, 5.74) is 1.02. The molecular formula is C15H19N3OS. The molecule has 20 heavy (non-hydrogen) atoms. The van der Waals surface area contributed by atoms with E-state index in [0.717, 1.165) is 36.6 Å². The summed E-state index contributed by atoms with van der Waals surface area (Å²) < 4.78 is 1.18. The molecule has 4 nitrogen and oxygen atoms in total. The highest BCUT2D eigenvalue weighted by atomic mass is 32.1. The quantitative estimate of drug-likeness (QED) is 0.940. The van der Waals surface area contributed by atoms with Crippen molar-refractivity contribution in [2.45, 2.75) is 25.7 Å². The third-order valence-electron chi connectivity index (χ3n) is 3.62. The summed E-state index contributed by atoms with van der Waals surface area (Å²) in [7, 11) is 0. The van der Waals surface area contributed by atoms with Crippen molar-refractivity contribution >= 4 is 32.6 Å². The van der Waals surface area contributed by atoms with Gasteiger partial charge in [-0.3, -0.25) is 4.79 Å². The van der Waals surface area contributed by atoms with Crippen LogP contribution in [0.15, 0.2) is 24.3 Å². The third kappa shape index (κ3) is 3.10. The molecule has 2 heterocycles. The number of para-hydroxylation sites is 1. The van der Waals surface area contributed by atoms with Crippen molar-refractivity contribution in [3.63, 3.8) is 0 Å². The summed E-state index contributed by atoms with van der Waals surface area (Å²) in [6.07, 6.45) is 4.11. The van der Waals surface area contributed by atoms with E-state index in [-0.39, 0.29) is 5.91 Å². The van der Waals surface area contributed by atoms with Crippen LogP contribution in [0, 0.1) is 0 Å². The number of amides is 1. The Bertz CT molecular complexity index is 557. The number of piperidine rings is 1. The number of aromatic nitrogens is 1. The predicted molar refractivity (Wildman–Crippen MR) is 83.2 cm³/mol. The fourth-order valence-corrected chi connectivity index (χ4v) is 3.42. The Labute approximate surface area is 122 Å². The molecule has 0 aliphatic carbocycles. The normalized spacial score (nSPS) is 15.5. The van der Waals surface area contributed by atoms with Crippen molar-refractivity contribution in [2.24, 2.45) is 0 Å². The van der Waals surface area contributed by atoms with Crippen molar-refractivity contribution in [2.75, 3.05) is 25.0 Å². The van der Waals surface area contributed by atoms with Crippen LogP contribution in [0.25, 0.3) is 10.2 Å². The lowest BCUT2D eigenvalue weighted by atomic mass is 10.1. The molecule has 1 aliphatic heterocycles. The van der Waals surface area contributed by atoms with Gasteiger partial charge in [-0.2, -0.15) is 0 Å². The molecule has 1 N–H and O–H groups in total. The molecule has 0 radical (unpaired) electrons. The van der Waals surface area contributed by atoms with Crippen LogP contribution in [0.3, 0.4) is 0 Å². The van der Waals surface area contributed by atoms with Gasteiger partial charge in [-0.05, 0) is 31.4 Å². The van der Waals surface area contributed by atoms with Gasteiger partial charge in [-0.15, -0.1) is 0 Å². The van der Waals surface area contributed by atoms with Crippen LogP contribution in [0.1, 0.15) is 25.7 Å². The topological polar surface area (TPSA) is 45.2 Å². The number of thiazole rings is 1. The second kappa shape index (κ2) is 6.22. The molecule has 1 amide bonds. The van der Waals surface area contributed by atoms with E-state index in [4.69, 9.17) is 0 Å². The zero-order valence-corrected chi connectivity index (χ0v) is 12.3. The molecule has 2 aromatic rings. The van der Waals surface area contributed by atoms with Gasteiger partial charge in [0.2, 0.25) is 5.91 Å². The molecule has 1 aliphatic rings. The van der Waals surface area contributed by atoms with Crippen LogP contribution in [0.2, 0.25) is 0 Å². The zero-order valence-electron chi connectivity index (χ0n) is 11.5. The lowest BCUT2D eigenvalue weighted by molar-refractivity contribution is -0.131. The minimum Gasteiger partial charge on any atom is -0.361 e. The molecule has 1 saturated heterocycles. The van der Waals surface area contributed by atoms with Gasteiger partial charge in [0.1, 0.15) is 0 Å². The molecule has 0 spiro atoms. The molecule has 1 fully saturated rings. The van der Waals surface area contributed by atoms with Crippen molar-refractivity contribution in [3.05, 3.63) is 24.3 Å². The highest BCUT2D eigenvalue weighted by Crippen LogP contribution is 2.25. The monoisotopic (exact) mass is 289 g/mol. The van der Waals surface area contributed by atoms with Crippen LogP contribution in [0.5, 0.6) is 0 Å². The van der Waals surface area contributed by atoms with Crippen molar-refractivity contribution < 1.29 is 4.79 Å². The first kappa shape index (κ1) is 13.4. The minimum atomic E-state index is 0.262. The molecule has 0 saturated carbocycles. The Hall–Kier alpha value is -1.62. The molecule has 0 unspecified atom stereocenters. The maximum Gasteiger partial charge on any atom is 0.224 e. The fraction of sp³-hybridized carbons (Fsp3) is 0.467. The number of fused-ring (bicyclic) bond motifs is 1. The number of carbonyl (C=O) groups is 1. The lowest BCUT2D eigenvalue weighted by Gasteiger charge is -2.26. The summed E-state index contributed by atoms with van der Waals surface area (Å²) in [5.74, 6) is 0.262. The van der Waals surface area contributed by atoms with E-state index in [1.165, 1.54) is 11.1 Å². The van der Waals surface area contributed by atoms with Crippen LogP contribution >= 0.6 is 11.3 Å². The summed E-state index contributed by atoms with van der Waals surface area (Å²) in [5, 5.41) is 4.16. The Balaban J connectivity index is 1.50. The van der Waals surface area contributed by atoms with Crippen molar-refractivity contribution in [3.8, 4) is 0 Å². The number of hydrogen-bond acceptors (Lipinski definition) is 4. The van der Waals surface area contributed by atoms with Gasteiger partial charge in [0.05, 0.1) is 10.2 Å². The van der Waals surface area contributed by atoms with Gasteiger partial charge >= 0.3 is 0 Å². The number of rotatable bonds is 4. The van der Waals surface area contributed by atoms with E-state index in [0.29, 0.717) is 13.0 Å². The van der Waals surface area contributed by atoms with E-state index < -0.39 is 0 Å². The molecular weight excluding hydrogens is 270 g/mol. The SMILES string of the molecule is O=C(CCNc1nc2ccccc2s1)N1CCCCC1. The Morgan fingerprint density at radius 2 is 2.05 bits per heavy atom. The summed E-state index contributed by atoms with van der Waals surface area (Å²) >= 11 is 1.64. The molecule has 106 valence electrons. The summed E-state index contributed by atoms with van der Waals surface area (Å²) in [4.78, 5) is 18.5. The van der Waals surface area contributed by atoms with Crippen molar-refractivity contribution in [1.29, 1.82) is 0 Å². The average molecular weight is 289 g/mol. The Morgan fingerprint density at radius 1 is 1.25 bits per heavy atom. The summed E-state index contributed by atoms with van der Waals surface area (Å²) in [6, 6.07) is 8.09. The minimum absolute atomic E-state index is 0.262. The number of carbonyl (C=O) groups excluding carboxylic acids is 1. The van der Waals surface area contributed by atoms with Gasteiger partial charge in [0.15, 0.2) is 5.13 Å². The molecule has 1 aromatic heterocycles. The van der Waals surface area contributed by atoms with E-state index in [2.05, 4.69) is 16.4 Å². The predicted octanol–water partition coefficient (Wildman–Crippen LogP) is 3.11. The van der Waals surface area contributed by atoms with Crippen LogP contribution < -0.4 is 5.32 Å². The van der Waals surface area contributed by atoms with Crippen LogP contribution in [-0.2, 0) is 4.79 Å². The maximum absolute atomic E-state index is 12.0. The largest absolute Gasteiger partial charge is 0.361 e. The highest BCUT2D eigenvalue weighted by Gasteiger charge is 2.15. The second-order valence-electron chi connectivity index (χ2n) is 5.10. The number of nitrogens with zero attached hydrogens (tertiary/aromatic N) is 2. The maximum atomic E-state index is 12.0. The standard InChI is InChI=1S/C15H19N3OS/c19-14(18-10-4-1-5-11-18)8-9-16-15-17-12-6-2-3-7-13(12)20-15/h2-3,6-7H,1,4-5,8-11H2,(H,16,17). The van der Waals surface area contributed by atoms with Crippen LogP contribution in [-0.4, -0.2) is 35.4 Å². The molecule has 0 bridgehead atoms. The molecule has 1 aromatic carbocycles. The number of hydrogen-bond donors (Lipinski definition) is 1. The smallest absolute Gasteiger partial charge is 0.224 e. The van der Waals surface area contributed by atoms with E-state index in [9.17, 15) is 4.79 Å². The molecule has 3 rings (SSSR count). The van der Waals surface area contributed by atoms with E-state index in [1.54, 1.807) is 11.3 Å². The van der Waals surface area contributed by atoms with Gasteiger partial charge in [-0.1, -0.05) is 23.5 Å². The third-order valence-corrected chi connectivity index (χ3v) is 4.61. The van der Waals surface area contributed by atoms with Crippen LogP contribution in [0.4, 0.5) is 5.13 Å². The summed E-state index contributed by atoms with van der Waals surface area (Å²) in [6.45, 7) is 2.52. The molecule has 0 atom stereocenters. The second-order valence-corrected chi connectivity index (χ2v) is 6.14. The van der Waals surface area contributed by atoms with Gasteiger partial charge in [0.25, 0.3) is 0 Å². The van der Waals surface area contributed by atoms with E-state index >= 15 is 0 Å². The first-order valence-corrected chi connectivity index (χ1v) is 8.02. The van der Waals surface area contributed by atoms with Gasteiger partial charge in [0, 0.05) is 26.1 Å². The average Bonchev–Trinajstić information content (AvgIpc) is 2.90. The first-order valence-electron chi connectivity index (χ1n) is 7.20. The number of likely N-dealkylation sites (tertiary alicyclic amines) is 1. The fourth-order valence-electron chi connectivity index (χ4n) is 2.53. The first-order chi connectivity index (χ1) is 9.83. The van der Waals surface area contributed by atoms with Gasteiger partial charge < -0.3 is 10.2 Å². The number of anilines is 1. The Morgan fingerprint density at radius 3 is 2.85 bits per heavy atom. The van der Waals surface area contributed by atoms with Gasteiger partial charge in [-0.25, -0.2) is 4.98 Å². The van der Waals surface area contributed by atoms with Crippen molar-refractivity contribution in [1.82, 2.24) is 9.88 Å². The Kier molecular flexibility index (Phi) is 4.16. The highest BCUT2D eigenvalue weighted by molar-refractivity contribution is 7.22.